The van der Waals surface area contributed by atoms with Gasteiger partial charge in [-0.05, 0) is 20.3 Å². The normalized spacial score (nSPS) is 22.7. The van der Waals surface area contributed by atoms with Gasteiger partial charge in [0, 0.05) is 24.7 Å². The van der Waals surface area contributed by atoms with Gasteiger partial charge in [0.2, 0.25) is 5.95 Å². The molecule has 2 aromatic heterocycles. The van der Waals surface area contributed by atoms with E-state index in [1.807, 2.05) is 11.8 Å². The Morgan fingerprint density at radius 2 is 2.10 bits per heavy atom. The van der Waals surface area contributed by atoms with Crippen LogP contribution in [0.5, 0.6) is 0 Å². The lowest BCUT2D eigenvalue weighted by Crippen LogP contribution is -2.52. The van der Waals surface area contributed by atoms with Crippen LogP contribution in [-0.2, 0) is 17.8 Å². The molecule has 2 aliphatic heterocycles. The average Bonchev–Trinajstić information content (AvgIpc) is 3.06. The van der Waals surface area contributed by atoms with Crippen LogP contribution in [0.25, 0.3) is 0 Å². The van der Waals surface area contributed by atoms with E-state index in [2.05, 4.69) is 10.1 Å². The summed E-state index contributed by atoms with van der Waals surface area (Å²) in [6, 6.07) is -0.391. The molecule has 0 amide bonds. The van der Waals surface area contributed by atoms with Gasteiger partial charge in [-0.2, -0.15) is 18.2 Å². The van der Waals surface area contributed by atoms with Crippen LogP contribution in [0.1, 0.15) is 24.6 Å². The van der Waals surface area contributed by atoms with Crippen LogP contribution < -0.4 is 15.4 Å². The van der Waals surface area contributed by atoms with E-state index in [0.717, 1.165) is 4.90 Å². The number of halogens is 3. The SMILES string of the molecule is Cc1nocc1CN1c2nc(N3CCOCC3C)cc(=O)n2CC[C@H]1C(F)(F)F. The standard InChI is InChI=1S/C18H22F3N5O3/c1-11-9-28-6-5-24(11)15-7-16(27)25-4-3-14(18(19,20)21)26(17(25)22-15)8-13-10-29-23-12(13)2/h7,10-11,14H,3-6,8-9H2,1-2H3/t11?,14-/m0/s1. The molecule has 11 heteroatoms. The first-order valence-electron chi connectivity index (χ1n) is 9.45. The van der Waals surface area contributed by atoms with Crippen molar-refractivity contribution < 1.29 is 22.4 Å². The molecule has 0 aliphatic carbocycles. The van der Waals surface area contributed by atoms with E-state index in [-0.39, 0.29) is 37.1 Å². The van der Waals surface area contributed by atoms with Crippen molar-refractivity contribution in [1.29, 1.82) is 0 Å². The lowest BCUT2D eigenvalue weighted by atomic mass is 10.1. The Hall–Kier alpha value is -2.56. The van der Waals surface area contributed by atoms with Crippen molar-refractivity contribution in [3.63, 3.8) is 0 Å². The minimum Gasteiger partial charge on any atom is -0.377 e. The molecule has 29 heavy (non-hydrogen) atoms. The Labute approximate surface area is 164 Å². The number of aryl methyl sites for hydroxylation is 1. The highest BCUT2D eigenvalue weighted by Crippen LogP contribution is 2.35. The van der Waals surface area contributed by atoms with Gasteiger partial charge in [-0.1, -0.05) is 5.16 Å². The van der Waals surface area contributed by atoms with Crippen molar-refractivity contribution in [3.8, 4) is 0 Å². The van der Waals surface area contributed by atoms with E-state index in [4.69, 9.17) is 9.26 Å². The number of morpholine rings is 1. The highest BCUT2D eigenvalue weighted by molar-refractivity contribution is 5.48. The van der Waals surface area contributed by atoms with Gasteiger partial charge in [0.1, 0.15) is 18.1 Å². The summed E-state index contributed by atoms with van der Waals surface area (Å²) in [5.74, 6) is 0.382. The maximum absolute atomic E-state index is 13.8. The maximum Gasteiger partial charge on any atom is 0.408 e. The predicted molar refractivity (Wildman–Crippen MR) is 98.0 cm³/mol. The number of fused-ring (bicyclic) bond motifs is 1. The van der Waals surface area contributed by atoms with Crippen LogP contribution >= 0.6 is 0 Å². The third-order valence-electron chi connectivity index (χ3n) is 5.46. The summed E-state index contributed by atoms with van der Waals surface area (Å²) in [7, 11) is 0. The molecule has 4 rings (SSSR count). The third-order valence-corrected chi connectivity index (χ3v) is 5.46. The van der Waals surface area contributed by atoms with E-state index in [1.54, 1.807) is 6.92 Å². The number of rotatable bonds is 3. The number of ether oxygens (including phenoxy) is 1. The Morgan fingerprint density at radius 3 is 2.76 bits per heavy atom. The zero-order valence-electron chi connectivity index (χ0n) is 16.1. The molecule has 0 saturated carbocycles. The Morgan fingerprint density at radius 1 is 1.31 bits per heavy atom. The van der Waals surface area contributed by atoms with Gasteiger partial charge in [-0.25, -0.2) is 0 Å². The van der Waals surface area contributed by atoms with Gasteiger partial charge >= 0.3 is 6.18 Å². The number of aromatic nitrogens is 3. The summed E-state index contributed by atoms with van der Waals surface area (Å²) in [6.07, 6.45) is -3.36. The number of hydrogen-bond donors (Lipinski definition) is 0. The van der Waals surface area contributed by atoms with E-state index in [1.165, 1.54) is 16.9 Å². The van der Waals surface area contributed by atoms with E-state index >= 15 is 0 Å². The van der Waals surface area contributed by atoms with Gasteiger partial charge in [0.15, 0.2) is 0 Å². The quantitative estimate of drug-likeness (QED) is 0.763. The highest BCUT2D eigenvalue weighted by atomic mass is 19.4. The van der Waals surface area contributed by atoms with Crippen LogP contribution in [0.15, 0.2) is 21.6 Å². The largest absolute Gasteiger partial charge is 0.408 e. The van der Waals surface area contributed by atoms with E-state index < -0.39 is 12.2 Å². The molecule has 0 radical (unpaired) electrons. The molecule has 0 aromatic carbocycles. The first kappa shape index (κ1) is 19.7. The number of alkyl halides is 3. The summed E-state index contributed by atoms with van der Waals surface area (Å²) < 4.78 is 53.0. The predicted octanol–water partition coefficient (Wildman–Crippen LogP) is 2.11. The topological polar surface area (TPSA) is 76.6 Å². The van der Waals surface area contributed by atoms with Gasteiger partial charge < -0.3 is 19.1 Å². The Kier molecular flexibility index (Phi) is 5.01. The molecule has 4 heterocycles. The van der Waals surface area contributed by atoms with Gasteiger partial charge in [-0.3, -0.25) is 9.36 Å². The molecule has 0 N–H and O–H groups in total. The van der Waals surface area contributed by atoms with Gasteiger partial charge in [-0.15, -0.1) is 0 Å². The Bertz CT molecular complexity index is 942. The summed E-state index contributed by atoms with van der Waals surface area (Å²) in [6.45, 7) is 4.91. The minimum atomic E-state index is -4.46. The molecule has 2 atom stereocenters. The van der Waals surface area contributed by atoms with Crippen LogP contribution in [0, 0.1) is 6.92 Å². The van der Waals surface area contributed by atoms with Crippen molar-refractivity contribution in [3.05, 3.63) is 33.9 Å². The second kappa shape index (κ2) is 7.36. The van der Waals surface area contributed by atoms with Crippen molar-refractivity contribution >= 4 is 11.8 Å². The average molecular weight is 413 g/mol. The molecular formula is C18H22F3N5O3. The minimum absolute atomic E-state index is 0.0142. The number of anilines is 2. The lowest BCUT2D eigenvalue weighted by Gasteiger charge is -2.40. The summed E-state index contributed by atoms with van der Waals surface area (Å²) in [5.41, 5.74) is 0.659. The molecule has 1 unspecified atom stereocenters. The fraction of sp³-hybridized carbons (Fsp3) is 0.611. The molecule has 1 fully saturated rings. The van der Waals surface area contributed by atoms with E-state index in [0.29, 0.717) is 36.8 Å². The smallest absolute Gasteiger partial charge is 0.377 e. The molecular weight excluding hydrogens is 391 g/mol. The van der Waals surface area contributed by atoms with Crippen LogP contribution in [0.3, 0.4) is 0 Å². The first-order chi connectivity index (χ1) is 13.8. The van der Waals surface area contributed by atoms with Crippen LogP contribution in [0.2, 0.25) is 0 Å². The second-order valence-electron chi connectivity index (χ2n) is 7.42. The fourth-order valence-corrected chi connectivity index (χ4v) is 3.84. The molecule has 1 saturated heterocycles. The molecule has 0 bridgehead atoms. The van der Waals surface area contributed by atoms with Gasteiger partial charge in [0.25, 0.3) is 5.56 Å². The maximum atomic E-state index is 13.8. The summed E-state index contributed by atoms with van der Waals surface area (Å²) in [5, 5.41) is 3.75. The van der Waals surface area contributed by atoms with Crippen molar-refractivity contribution in [1.82, 2.24) is 14.7 Å². The first-order valence-corrected chi connectivity index (χ1v) is 9.45. The summed E-state index contributed by atoms with van der Waals surface area (Å²) >= 11 is 0. The van der Waals surface area contributed by atoms with E-state index in [9.17, 15) is 18.0 Å². The van der Waals surface area contributed by atoms with Gasteiger partial charge in [0.05, 0.1) is 31.5 Å². The molecule has 2 aliphatic rings. The van der Waals surface area contributed by atoms with Crippen molar-refractivity contribution in [2.75, 3.05) is 29.6 Å². The highest BCUT2D eigenvalue weighted by Gasteiger charge is 2.47. The zero-order chi connectivity index (χ0) is 20.8. The Balaban J connectivity index is 1.79. The third kappa shape index (κ3) is 3.70. The zero-order valence-corrected chi connectivity index (χ0v) is 16.1. The summed E-state index contributed by atoms with van der Waals surface area (Å²) in [4.78, 5) is 20.3. The molecule has 8 nitrogen and oxygen atoms in total. The van der Waals surface area contributed by atoms with Crippen LogP contribution in [0.4, 0.5) is 24.9 Å². The van der Waals surface area contributed by atoms with Crippen molar-refractivity contribution in [2.45, 2.75) is 51.6 Å². The number of hydrogen-bond acceptors (Lipinski definition) is 7. The monoisotopic (exact) mass is 413 g/mol. The molecule has 158 valence electrons. The second-order valence-corrected chi connectivity index (χ2v) is 7.42. The fourth-order valence-electron chi connectivity index (χ4n) is 3.84. The van der Waals surface area contributed by atoms with Crippen molar-refractivity contribution in [2.24, 2.45) is 0 Å². The lowest BCUT2D eigenvalue weighted by molar-refractivity contribution is -0.153. The molecule has 2 aromatic rings. The van der Waals surface area contributed by atoms with Crippen LogP contribution in [-0.4, -0.2) is 52.7 Å². The number of nitrogens with zero attached hydrogens (tertiary/aromatic N) is 5. The molecule has 0 spiro atoms.